The first-order chi connectivity index (χ1) is 16.4. The van der Waals surface area contributed by atoms with Crippen LogP contribution in [0, 0.1) is 21.6 Å². The van der Waals surface area contributed by atoms with Crippen LogP contribution in [0.5, 0.6) is 0 Å². The highest BCUT2D eigenvalue weighted by Crippen LogP contribution is 2.35. The standard InChI is InChI=1S/C22H18N8O3S/c23-12-25-22-28-16(8-4-10-18(31)26-13-5-3-6-14(11-13)30(32)33)19(20(24)29-22)21-27-15-7-1-2-9-17(15)34-21/h1-3,5-7,9,11H,4,8,10H2,(H,26,31)(H3,24,25,28,29). The fourth-order valence-electron chi connectivity index (χ4n) is 3.36. The van der Waals surface area contributed by atoms with Gasteiger partial charge in [-0.1, -0.05) is 18.2 Å². The number of carbonyl (C=O) groups is 1. The van der Waals surface area contributed by atoms with E-state index in [1.165, 1.54) is 29.5 Å². The molecule has 0 unspecified atom stereocenters. The molecule has 0 spiro atoms. The summed E-state index contributed by atoms with van der Waals surface area (Å²) < 4.78 is 0.985. The lowest BCUT2D eigenvalue weighted by molar-refractivity contribution is -0.384. The largest absolute Gasteiger partial charge is 0.383 e. The van der Waals surface area contributed by atoms with Gasteiger partial charge in [0.1, 0.15) is 10.8 Å². The lowest BCUT2D eigenvalue weighted by atomic mass is 10.1. The van der Waals surface area contributed by atoms with Crippen molar-refractivity contribution < 1.29 is 9.72 Å². The first-order valence-corrected chi connectivity index (χ1v) is 11.0. The Morgan fingerprint density at radius 2 is 2.00 bits per heavy atom. The molecule has 1 amide bonds. The fraction of sp³-hybridized carbons (Fsp3) is 0.136. The maximum atomic E-state index is 12.4. The van der Waals surface area contributed by atoms with Gasteiger partial charge in [0, 0.05) is 24.2 Å². The molecular weight excluding hydrogens is 456 g/mol. The molecule has 2 heterocycles. The number of nitrogens with one attached hydrogen (secondary N) is 2. The summed E-state index contributed by atoms with van der Waals surface area (Å²) in [5.74, 6) is -0.0387. The minimum atomic E-state index is -0.522. The number of fused-ring (bicyclic) bond motifs is 1. The molecule has 0 atom stereocenters. The Bertz CT molecular complexity index is 1400. The molecule has 11 nitrogen and oxygen atoms in total. The first-order valence-electron chi connectivity index (χ1n) is 10.2. The predicted octanol–water partition coefficient (Wildman–Crippen LogP) is 4.10. The highest BCUT2D eigenvalue weighted by atomic mass is 32.1. The zero-order chi connectivity index (χ0) is 24.1. The van der Waals surface area contributed by atoms with Crippen molar-refractivity contribution in [2.45, 2.75) is 19.3 Å². The van der Waals surface area contributed by atoms with Crippen molar-refractivity contribution in [2.75, 3.05) is 16.4 Å². The molecule has 170 valence electrons. The topological polar surface area (TPSA) is 173 Å². The van der Waals surface area contributed by atoms with Gasteiger partial charge in [0.25, 0.3) is 5.69 Å². The van der Waals surface area contributed by atoms with Gasteiger partial charge in [-0.05, 0) is 31.0 Å². The number of nitro groups is 1. The summed E-state index contributed by atoms with van der Waals surface area (Å²) in [6, 6.07) is 13.4. The Labute approximate surface area is 197 Å². The summed E-state index contributed by atoms with van der Waals surface area (Å²) in [7, 11) is 0. The zero-order valence-corrected chi connectivity index (χ0v) is 18.5. The number of nitriles is 1. The maximum absolute atomic E-state index is 12.4. The van der Waals surface area contributed by atoms with Crippen LogP contribution >= 0.6 is 11.3 Å². The number of hydrogen-bond donors (Lipinski definition) is 3. The van der Waals surface area contributed by atoms with Gasteiger partial charge in [0.15, 0.2) is 6.19 Å². The second kappa shape index (κ2) is 9.88. The molecule has 0 saturated carbocycles. The van der Waals surface area contributed by atoms with Gasteiger partial charge in [-0.2, -0.15) is 10.2 Å². The van der Waals surface area contributed by atoms with E-state index in [2.05, 4.69) is 25.6 Å². The fourth-order valence-corrected chi connectivity index (χ4v) is 4.40. The van der Waals surface area contributed by atoms with E-state index in [-0.39, 0.29) is 29.8 Å². The molecule has 4 rings (SSSR count). The third-order valence-corrected chi connectivity index (χ3v) is 5.90. The average Bonchev–Trinajstić information content (AvgIpc) is 3.23. The molecule has 12 heteroatoms. The van der Waals surface area contributed by atoms with E-state index >= 15 is 0 Å². The molecular formula is C22H18N8O3S. The van der Waals surface area contributed by atoms with Gasteiger partial charge >= 0.3 is 0 Å². The number of aryl methyl sites for hydroxylation is 1. The highest BCUT2D eigenvalue weighted by Gasteiger charge is 2.19. The molecule has 0 aliphatic carbocycles. The molecule has 0 fully saturated rings. The van der Waals surface area contributed by atoms with Gasteiger partial charge in [0.2, 0.25) is 11.9 Å². The van der Waals surface area contributed by atoms with Crippen LogP contribution in [0.25, 0.3) is 20.8 Å². The van der Waals surface area contributed by atoms with Crippen LogP contribution in [0.4, 0.5) is 23.1 Å². The van der Waals surface area contributed by atoms with E-state index in [1.54, 1.807) is 12.3 Å². The van der Waals surface area contributed by atoms with Crippen molar-refractivity contribution in [3.05, 3.63) is 64.3 Å². The lowest BCUT2D eigenvalue weighted by Gasteiger charge is -2.11. The Balaban J connectivity index is 1.52. The van der Waals surface area contributed by atoms with E-state index < -0.39 is 4.92 Å². The first kappa shape index (κ1) is 22.6. The Morgan fingerprint density at radius 3 is 2.76 bits per heavy atom. The molecule has 0 saturated heterocycles. The number of carbonyl (C=O) groups excluding carboxylic acids is 1. The summed E-state index contributed by atoms with van der Waals surface area (Å²) in [6.07, 6.45) is 2.72. The number of amides is 1. The molecule has 2 aromatic heterocycles. The van der Waals surface area contributed by atoms with Gasteiger partial charge in [0.05, 0.1) is 26.4 Å². The monoisotopic (exact) mass is 474 g/mol. The number of nitrogen functional groups attached to an aromatic ring is 1. The second-order valence-electron chi connectivity index (χ2n) is 7.19. The van der Waals surface area contributed by atoms with Crippen LogP contribution in [0.3, 0.4) is 0 Å². The van der Waals surface area contributed by atoms with Crippen LogP contribution in [0.2, 0.25) is 0 Å². The van der Waals surface area contributed by atoms with E-state index in [4.69, 9.17) is 11.0 Å². The third kappa shape index (κ3) is 5.05. The van der Waals surface area contributed by atoms with E-state index in [9.17, 15) is 14.9 Å². The molecule has 4 aromatic rings. The third-order valence-electron chi connectivity index (χ3n) is 4.85. The number of hydrogen-bond acceptors (Lipinski definition) is 10. The summed E-state index contributed by atoms with van der Waals surface area (Å²) in [4.78, 5) is 36.0. The van der Waals surface area contributed by atoms with Crippen molar-refractivity contribution in [1.29, 1.82) is 5.26 Å². The summed E-state index contributed by atoms with van der Waals surface area (Å²) in [6.45, 7) is 0. The minimum Gasteiger partial charge on any atom is -0.383 e. The second-order valence-corrected chi connectivity index (χ2v) is 8.22. The number of non-ortho nitro benzene ring substituents is 1. The molecule has 0 aliphatic heterocycles. The number of nitrogens with two attached hydrogens (primary N) is 1. The molecule has 0 aliphatic rings. The van der Waals surface area contributed by atoms with Gasteiger partial charge in [-0.3, -0.25) is 20.2 Å². The molecule has 0 bridgehead atoms. The van der Waals surface area contributed by atoms with Crippen LogP contribution in [0.15, 0.2) is 48.5 Å². The number of thiazole rings is 1. The molecule has 4 N–H and O–H groups in total. The molecule has 2 aromatic carbocycles. The zero-order valence-electron chi connectivity index (χ0n) is 17.7. The number of para-hydroxylation sites is 1. The van der Waals surface area contributed by atoms with Gasteiger partial charge in [-0.25, -0.2) is 9.97 Å². The van der Waals surface area contributed by atoms with Crippen LogP contribution in [0.1, 0.15) is 18.5 Å². The number of anilines is 3. The van der Waals surface area contributed by atoms with Crippen molar-refractivity contribution in [3.63, 3.8) is 0 Å². The normalized spacial score (nSPS) is 10.6. The number of benzene rings is 2. The number of rotatable bonds is 8. The maximum Gasteiger partial charge on any atom is 0.271 e. The number of aromatic nitrogens is 3. The van der Waals surface area contributed by atoms with Gasteiger partial charge in [-0.15, -0.1) is 11.3 Å². The van der Waals surface area contributed by atoms with Crippen molar-refractivity contribution in [1.82, 2.24) is 15.0 Å². The van der Waals surface area contributed by atoms with Crippen LogP contribution in [-0.2, 0) is 11.2 Å². The van der Waals surface area contributed by atoms with E-state index in [0.29, 0.717) is 34.8 Å². The van der Waals surface area contributed by atoms with Crippen molar-refractivity contribution in [2.24, 2.45) is 0 Å². The predicted molar refractivity (Wildman–Crippen MR) is 129 cm³/mol. The Hall–Kier alpha value is -4.63. The van der Waals surface area contributed by atoms with E-state index in [0.717, 1.165) is 10.2 Å². The minimum absolute atomic E-state index is 0.0703. The van der Waals surface area contributed by atoms with Gasteiger partial charge < -0.3 is 11.1 Å². The highest BCUT2D eigenvalue weighted by molar-refractivity contribution is 7.21. The summed E-state index contributed by atoms with van der Waals surface area (Å²) in [5, 5.41) is 25.6. The molecule has 0 radical (unpaired) electrons. The van der Waals surface area contributed by atoms with Crippen LogP contribution in [-0.4, -0.2) is 25.8 Å². The number of nitrogens with zero attached hydrogens (tertiary/aromatic N) is 5. The quantitative estimate of drug-likeness (QED) is 0.147. The van der Waals surface area contributed by atoms with Crippen LogP contribution < -0.4 is 16.4 Å². The Morgan fingerprint density at radius 1 is 1.18 bits per heavy atom. The van der Waals surface area contributed by atoms with E-state index in [1.807, 2.05) is 24.3 Å². The smallest absolute Gasteiger partial charge is 0.271 e. The van der Waals surface area contributed by atoms with Crippen molar-refractivity contribution >= 4 is 50.6 Å². The SMILES string of the molecule is N#CNc1nc(N)c(-c2nc3ccccc3s2)c(CCCC(=O)Nc2cccc([N+](=O)[O-])c2)n1. The number of nitro benzene ring substituents is 1. The average molecular weight is 475 g/mol. The summed E-state index contributed by atoms with van der Waals surface area (Å²) in [5.41, 5.74) is 8.41. The summed E-state index contributed by atoms with van der Waals surface area (Å²) >= 11 is 1.45. The van der Waals surface area contributed by atoms with Crippen molar-refractivity contribution in [3.8, 4) is 16.8 Å². The molecule has 34 heavy (non-hydrogen) atoms. The lowest BCUT2D eigenvalue weighted by Crippen LogP contribution is -2.12. The Kier molecular flexibility index (Phi) is 6.56.